The monoisotopic (exact) mass is 312 g/mol. The van der Waals surface area contributed by atoms with E-state index in [0.717, 1.165) is 10.4 Å². The maximum Gasteiger partial charge on any atom is 0.341 e. The largest absolute Gasteiger partial charge is 0.462 e. The van der Waals surface area contributed by atoms with Crippen molar-refractivity contribution in [2.75, 3.05) is 11.9 Å². The molecule has 3 N–H and O–H groups in total. The van der Waals surface area contributed by atoms with Crippen molar-refractivity contribution in [2.45, 2.75) is 47.1 Å². The number of anilines is 1. The summed E-state index contributed by atoms with van der Waals surface area (Å²) in [6.07, 6.45) is 0.601. The second-order valence-electron chi connectivity index (χ2n) is 5.43. The molecule has 0 aliphatic rings. The van der Waals surface area contributed by atoms with E-state index in [1.54, 1.807) is 6.92 Å². The second-order valence-corrected chi connectivity index (χ2v) is 6.66. The highest BCUT2D eigenvalue weighted by atomic mass is 32.1. The Balaban J connectivity index is 2.95. The van der Waals surface area contributed by atoms with Gasteiger partial charge in [0.1, 0.15) is 5.00 Å². The maximum atomic E-state index is 12.1. The van der Waals surface area contributed by atoms with E-state index in [1.165, 1.54) is 11.3 Å². The van der Waals surface area contributed by atoms with Crippen molar-refractivity contribution in [1.82, 2.24) is 0 Å². The summed E-state index contributed by atoms with van der Waals surface area (Å²) in [4.78, 5) is 25.1. The highest BCUT2D eigenvalue weighted by Gasteiger charge is 2.24. The number of ether oxygens (including phenoxy) is 1. The Morgan fingerprint density at radius 2 is 1.95 bits per heavy atom. The van der Waals surface area contributed by atoms with E-state index in [2.05, 4.69) is 5.32 Å². The molecule has 5 nitrogen and oxygen atoms in total. The second kappa shape index (κ2) is 7.56. The Morgan fingerprint density at radius 3 is 2.48 bits per heavy atom. The molecule has 0 spiro atoms. The summed E-state index contributed by atoms with van der Waals surface area (Å²) in [5.41, 5.74) is 7.15. The molecule has 1 aromatic rings. The van der Waals surface area contributed by atoms with Crippen LogP contribution >= 0.6 is 11.3 Å². The molecular formula is C15H24N2O3S. The van der Waals surface area contributed by atoms with Gasteiger partial charge in [0.05, 0.1) is 18.2 Å². The van der Waals surface area contributed by atoms with Gasteiger partial charge in [-0.05, 0) is 38.7 Å². The molecular weight excluding hydrogens is 288 g/mol. The Kier molecular flexibility index (Phi) is 6.36. The average molecular weight is 312 g/mol. The zero-order chi connectivity index (χ0) is 16.2. The van der Waals surface area contributed by atoms with E-state index in [0.29, 0.717) is 29.5 Å². The number of carbonyl (C=O) groups excluding carboxylic acids is 2. The lowest BCUT2D eigenvalue weighted by molar-refractivity contribution is -0.117. The first-order valence-corrected chi connectivity index (χ1v) is 7.93. The lowest BCUT2D eigenvalue weighted by Gasteiger charge is -2.14. The molecule has 1 heterocycles. The number of hydrogen-bond acceptors (Lipinski definition) is 5. The minimum Gasteiger partial charge on any atom is -0.462 e. The summed E-state index contributed by atoms with van der Waals surface area (Å²) in [7, 11) is 0. The number of aryl methyl sites for hydroxylation is 1. The molecule has 1 unspecified atom stereocenters. The Morgan fingerprint density at radius 1 is 1.33 bits per heavy atom. The van der Waals surface area contributed by atoms with Crippen LogP contribution in [0.5, 0.6) is 0 Å². The smallest absolute Gasteiger partial charge is 0.341 e. The predicted octanol–water partition coefficient (Wildman–Crippen LogP) is 2.85. The summed E-state index contributed by atoms with van der Waals surface area (Å²) in [5.74, 6) is -0.343. The van der Waals surface area contributed by atoms with Crippen molar-refractivity contribution in [3.05, 3.63) is 16.0 Å². The third kappa shape index (κ3) is 4.54. The molecule has 1 atom stereocenters. The van der Waals surface area contributed by atoms with Crippen LogP contribution in [0.2, 0.25) is 0 Å². The molecule has 0 saturated heterocycles. The number of esters is 1. The normalized spacial score (nSPS) is 12.3. The highest BCUT2D eigenvalue weighted by Crippen LogP contribution is 2.33. The van der Waals surface area contributed by atoms with E-state index in [-0.39, 0.29) is 5.91 Å². The van der Waals surface area contributed by atoms with E-state index in [1.807, 2.05) is 27.7 Å². The van der Waals surface area contributed by atoms with Gasteiger partial charge in [-0.25, -0.2) is 4.79 Å². The molecule has 21 heavy (non-hydrogen) atoms. The summed E-state index contributed by atoms with van der Waals surface area (Å²) < 4.78 is 5.05. The zero-order valence-electron chi connectivity index (χ0n) is 13.3. The summed E-state index contributed by atoms with van der Waals surface area (Å²) in [5, 5.41) is 3.29. The Labute approximate surface area is 129 Å². The van der Waals surface area contributed by atoms with Crippen LogP contribution in [0.4, 0.5) is 5.00 Å². The number of amides is 1. The molecule has 0 radical (unpaired) electrons. The number of rotatable bonds is 6. The zero-order valence-corrected chi connectivity index (χ0v) is 14.1. The van der Waals surface area contributed by atoms with E-state index in [4.69, 9.17) is 10.5 Å². The summed E-state index contributed by atoms with van der Waals surface area (Å²) in [6.45, 7) is 9.83. The first-order chi connectivity index (χ1) is 9.77. The predicted molar refractivity (Wildman–Crippen MR) is 85.8 cm³/mol. The van der Waals surface area contributed by atoms with Crippen LogP contribution in [0.15, 0.2) is 0 Å². The first-order valence-electron chi connectivity index (χ1n) is 7.11. The van der Waals surface area contributed by atoms with Gasteiger partial charge in [0.2, 0.25) is 5.91 Å². The van der Waals surface area contributed by atoms with Crippen LogP contribution in [0.1, 0.15) is 48.0 Å². The molecule has 1 aromatic heterocycles. The van der Waals surface area contributed by atoms with E-state index in [9.17, 15) is 9.59 Å². The fourth-order valence-corrected chi connectivity index (χ4v) is 3.04. The van der Waals surface area contributed by atoms with Crippen LogP contribution in [-0.4, -0.2) is 24.5 Å². The van der Waals surface area contributed by atoms with Crippen molar-refractivity contribution in [1.29, 1.82) is 0 Å². The quantitative estimate of drug-likeness (QED) is 0.791. The van der Waals surface area contributed by atoms with E-state index >= 15 is 0 Å². The number of thiophene rings is 1. The average Bonchev–Trinajstić information content (AvgIpc) is 2.64. The van der Waals surface area contributed by atoms with Gasteiger partial charge in [-0.15, -0.1) is 11.3 Å². The molecule has 0 saturated carbocycles. The van der Waals surface area contributed by atoms with Crippen molar-refractivity contribution in [3.63, 3.8) is 0 Å². The fourth-order valence-electron chi connectivity index (χ4n) is 1.98. The standard InChI is InChI=1S/C15H24N2O3S/c1-6-20-15(19)12-9(4)10(5)21-14(12)17-13(18)11(16)7-8(2)3/h8,11H,6-7,16H2,1-5H3,(H,17,18). The lowest BCUT2D eigenvalue weighted by atomic mass is 10.0. The molecule has 1 rings (SSSR count). The van der Waals surface area contributed by atoms with Gasteiger partial charge in [-0.1, -0.05) is 13.8 Å². The number of nitrogens with two attached hydrogens (primary N) is 1. The summed E-state index contributed by atoms with van der Waals surface area (Å²) in [6, 6.07) is -0.581. The van der Waals surface area contributed by atoms with Crippen LogP contribution in [0, 0.1) is 19.8 Å². The van der Waals surface area contributed by atoms with Gasteiger partial charge in [-0.3, -0.25) is 4.79 Å². The Bertz CT molecular complexity index is 523. The minimum absolute atomic E-state index is 0.268. The van der Waals surface area contributed by atoms with Gasteiger partial charge in [-0.2, -0.15) is 0 Å². The number of carbonyl (C=O) groups is 2. The molecule has 0 aliphatic heterocycles. The van der Waals surface area contributed by atoms with Crippen LogP contribution < -0.4 is 11.1 Å². The highest BCUT2D eigenvalue weighted by molar-refractivity contribution is 7.16. The number of nitrogens with one attached hydrogen (secondary N) is 1. The first kappa shape index (κ1) is 17.7. The van der Waals surface area contributed by atoms with Gasteiger partial charge >= 0.3 is 5.97 Å². The molecule has 0 aliphatic carbocycles. The molecule has 118 valence electrons. The van der Waals surface area contributed by atoms with Crippen LogP contribution in [-0.2, 0) is 9.53 Å². The topological polar surface area (TPSA) is 81.4 Å². The van der Waals surface area contributed by atoms with Crippen molar-refractivity contribution < 1.29 is 14.3 Å². The molecule has 6 heteroatoms. The van der Waals surface area contributed by atoms with Crippen LogP contribution in [0.3, 0.4) is 0 Å². The molecule has 0 aromatic carbocycles. The van der Waals surface area contributed by atoms with Crippen molar-refractivity contribution >= 4 is 28.2 Å². The Hall–Kier alpha value is -1.40. The van der Waals surface area contributed by atoms with Gasteiger partial charge in [0.15, 0.2) is 0 Å². The summed E-state index contributed by atoms with van der Waals surface area (Å²) >= 11 is 1.37. The van der Waals surface area contributed by atoms with Gasteiger partial charge in [0, 0.05) is 4.88 Å². The SMILES string of the molecule is CCOC(=O)c1c(NC(=O)C(N)CC(C)C)sc(C)c1C. The molecule has 0 bridgehead atoms. The minimum atomic E-state index is -0.581. The number of hydrogen-bond donors (Lipinski definition) is 2. The van der Waals surface area contributed by atoms with Crippen molar-refractivity contribution in [2.24, 2.45) is 11.7 Å². The van der Waals surface area contributed by atoms with Gasteiger partial charge < -0.3 is 15.8 Å². The van der Waals surface area contributed by atoms with Gasteiger partial charge in [0.25, 0.3) is 0 Å². The maximum absolute atomic E-state index is 12.1. The fraction of sp³-hybridized carbons (Fsp3) is 0.600. The van der Waals surface area contributed by atoms with Crippen molar-refractivity contribution in [3.8, 4) is 0 Å². The third-order valence-corrected chi connectivity index (χ3v) is 4.29. The van der Waals surface area contributed by atoms with Crippen LogP contribution in [0.25, 0.3) is 0 Å². The molecule has 0 fully saturated rings. The van der Waals surface area contributed by atoms with E-state index < -0.39 is 12.0 Å². The lowest BCUT2D eigenvalue weighted by Crippen LogP contribution is -2.36. The molecule has 1 amide bonds. The third-order valence-electron chi connectivity index (χ3n) is 3.16.